The average molecular weight is 316 g/mol. The number of hydrogen-bond acceptors (Lipinski definition) is 3. The van der Waals surface area contributed by atoms with E-state index in [0.29, 0.717) is 0 Å². The highest BCUT2D eigenvalue weighted by molar-refractivity contribution is 5.94. The van der Waals surface area contributed by atoms with E-state index >= 15 is 0 Å². The number of piperidine rings is 1. The van der Waals surface area contributed by atoms with E-state index in [1.807, 2.05) is 43.0 Å². The van der Waals surface area contributed by atoms with E-state index in [2.05, 4.69) is 4.90 Å². The fourth-order valence-electron chi connectivity index (χ4n) is 3.54. The zero-order valence-corrected chi connectivity index (χ0v) is 14.3. The van der Waals surface area contributed by atoms with Crippen LogP contribution in [-0.4, -0.2) is 55.0 Å². The van der Waals surface area contributed by atoms with Crippen molar-refractivity contribution in [3.8, 4) is 5.75 Å². The van der Waals surface area contributed by atoms with Crippen LogP contribution in [0, 0.1) is 11.8 Å². The number of benzene rings is 1. The Morgan fingerprint density at radius 3 is 2.43 bits per heavy atom. The number of amides is 1. The summed E-state index contributed by atoms with van der Waals surface area (Å²) in [5.74, 6) is 2.96. The fraction of sp³-hybridized carbons (Fsp3) is 0.632. The average Bonchev–Trinajstić information content (AvgIpc) is 3.19. The molecule has 0 unspecified atom stereocenters. The molecule has 0 radical (unpaired) electrons. The van der Waals surface area contributed by atoms with E-state index in [4.69, 9.17) is 4.74 Å². The van der Waals surface area contributed by atoms with Crippen molar-refractivity contribution in [1.82, 2.24) is 9.80 Å². The predicted octanol–water partition coefficient (Wildman–Crippen LogP) is 2.89. The molecule has 1 amide bonds. The van der Waals surface area contributed by atoms with Crippen LogP contribution in [0.25, 0.3) is 0 Å². The summed E-state index contributed by atoms with van der Waals surface area (Å²) in [7, 11) is 0. The van der Waals surface area contributed by atoms with Crippen molar-refractivity contribution in [1.29, 1.82) is 0 Å². The number of likely N-dealkylation sites (tertiary alicyclic amines) is 1. The monoisotopic (exact) mass is 316 g/mol. The molecule has 0 bridgehead atoms. The second kappa shape index (κ2) is 7.35. The van der Waals surface area contributed by atoms with Crippen LogP contribution >= 0.6 is 0 Å². The predicted molar refractivity (Wildman–Crippen MR) is 91.8 cm³/mol. The first kappa shape index (κ1) is 16.3. The zero-order valence-electron chi connectivity index (χ0n) is 14.3. The largest absolute Gasteiger partial charge is 0.494 e. The molecule has 1 heterocycles. The molecule has 1 aliphatic heterocycles. The number of carbonyl (C=O) groups is 1. The summed E-state index contributed by atoms with van der Waals surface area (Å²) in [5, 5.41) is 0. The standard InChI is InChI=1S/C19H28N2O2/c1-3-21(4-2)19(22)15-6-8-18(9-7-15)23-11-5-10-20-13-16-12-17(16)14-20/h6-9,16-17H,3-5,10-14H2,1-2H3/t16-,17+. The highest BCUT2D eigenvalue weighted by Crippen LogP contribution is 2.44. The Labute approximate surface area is 139 Å². The SMILES string of the molecule is CCN(CC)C(=O)c1ccc(OCCCN2C[C@H]3C[C@H]3C2)cc1. The molecule has 4 nitrogen and oxygen atoms in total. The maximum absolute atomic E-state index is 12.2. The zero-order chi connectivity index (χ0) is 16.2. The molecular weight excluding hydrogens is 288 g/mol. The number of carbonyl (C=O) groups excluding carboxylic acids is 1. The molecule has 126 valence electrons. The molecule has 4 heteroatoms. The van der Waals surface area contributed by atoms with Crippen LogP contribution in [0.2, 0.25) is 0 Å². The minimum Gasteiger partial charge on any atom is -0.494 e. The van der Waals surface area contributed by atoms with Crippen molar-refractivity contribution in [3.05, 3.63) is 29.8 Å². The molecule has 1 saturated heterocycles. The van der Waals surface area contributed by atoms with E-state index in [0.717, 1.165) is 55.8 Å². The van der Waals surface area contributed by atoms with Gasteiger partial charge in [0.25, 0.3) is 5.91 Å². The summed E-state index contributed by atoms with van der Waals surface area (Å²) >= 11 is 0. The number of hydrogen-bond donors (Lipinski definition) is 0. The number of rotatable bonds is 8. The maximum atomic E-state index is 12.2. The summed E-state index contributed by atoms with van der Waals surface area (Å²) in [6.45, 7) is 9.98. The van der Waals surface area contributed by atoms with Crippen molar-refractivity contribution in [2.75, 3.05) is 39.3 Å². The Morgan fingerprint density at radius 2 is 1.83 bits per heavy atom. The molecule has 0 spiro atoms. The lowest BCUT2D eigenvalue weighted by atomic mass is 10.2. The lowest BCUT2D eigenvalue weighted by Crippen LogP contribution is -2.30. The van der Waals surface area contributed by atoms with Crippen LogP contribution in [-0.2, 0) is 0 Å². The first-order valence-electron chi connectivity index (χ1n) is 8.95. The molecular formula is C19H28N2O2. The molecule has 3 rings (SSSR count). The molecule has 2 fully saturated rings. The first-order valence-corrected chi connectivity index (χ1v) is 8.95. The van der Waals surface area contributed by atoms with E-state index in [1.54, 1.807) is 0 Å². The molecule has 1 aromatic rings. The van der Waals surface area contributed by atoms with E-state index < -0.39 is 0 Å². The van der Waals surface area contributed by atoms with Gasteiger partial charge in [-0.3, -0.25) is 4.79 Å². The van der Waals surface area contributed by atoms with Gasteiger partial charge in [-0.15, -0.1) is 0 Å². The lowest BCUT2D eigenvalue weighted by Gasteiger charge is -2.19. The summed E-state index contributed by atoms with van der Waals surface area (Å²) < 4.78 is 5.80. The Balaban J connectivity index is 1.39. The normalized spacial score (nSPS) is 22.7. The van der Waals surface area contributed by atoms with Gasteiger partial charge >= 0.3 is 0 Å². The molecule has 2 aliphatic rings. The van der Waals surface area contributed by atoms with Gasteiger partial charge in [0, 0.05) is 38.3 Å². The minimum absolute atomic E-state index is 0.0918. The van der Waals surface area contributed by atoms with Crippen LogP contribution in [0.4, 0.5) is 0 Å². The van der Waals surface area contributed by atoms with Crippen molar-refractivity contribution >= 4 is 5.91 Å². The van der Waals surface area contributed by atoms with Gasteiger partial charge in [0.2, 0.25) is 0 Å². The lowest BCUT2D eigenvalue weighted by molar-refractivity contribution is 0.0773. The van der Waals surface area contributed by atoms with E-state index in [1.165, 1.54) is 19.5 Å². The fourth-order valence-corrected chi connectivity index (χ4v) is 3.54. The topological polar surface area (TPSA) is 32.8 Å². The van der Waals surface area contributed by atoms with Gasteiger partial charge in [0.05, 0.1) is 6.61 Å². The first-order chi connectivity index (χ1) is 11.2. The van der Waals surface area contributed by atoms with Crippen LogP contribution in [0.15, 0.2) is 24.3 Å². The minimum atomic E-state index is 0.0918. The van der Waals surface area contributed by atoms with E-state index in [9.17, 15) is 4.79 Å². The number of fused-ring (bicyclic) bond motifs is 1. The van der Waals surface area contributed by atoms with Gasteiger partial charge in [0.15, 0.2) is 0 Å². The van der Waals surface area contributed by atoms with E-state index in [-0.39, 0.29) is 5.91 Å². The highest BCUT2D eigenvalue weighted by Gasteiger charge is 2.44. The van der Waals surface area contributed by atoms with Gasteiger partial charge in [-0.1, -0.05) is 0 Å². The summed E-state index contributed by atoms with van der Waals surface area (Å²) in [5.41, 5.74) is 0.734. The van der Waals surface area contributed by atoms with Crippen molar-refractivity contribution in [2.45, 2.75) is 26.7 Å². The highest BCUT2D eigenvalue weighted by atomic mass is 16.5. The Kier molecular flexibility index (Phi) is 5.21. The Hall–Kier alpha value is -1.55. The van der Waals surface area contributed by atoms with Crippen LogP contribution < -0.4 is 4.74 Å². The third-order valence-corrected chi connectivity index (χ3v) is 5.09. The van der Waals surface area contributed by atoms with Gasteiger partial charge in [-0.2, -0.15) is 0 Å². The summed E-state index contributed by atoms with van der Waals surface area (Å²) in [6.07, 6.45) is 2.53. The Morgan fingerprint density at radius 1 is 1.17 bits per heavy atom. The summed E-state index contributed by atoms with van der Waals surface area (Å²) in [4.78, 5) is 16.6. The van der Waals surface area contributed by atoms with Crippen molar-refractivity contribution < 1.29 is 9.53 Å². The third-order valence-electron chi connectivity index (χ3n) is 5.09. The van der Waals surface area contributed by atoms with Crippen LogP contribution in [0.5, 0.6) is 5.75 Å². The molecule has 23 heavy (non-hydrogen) atoms. The second-order valence-corrected chi connectivity index (χ2v) is 6.72. The smallest absolute Gasteiger partial charge is 0.253 e. The van der Waals surface area contributed by atoms with Gasteiger partial charge in [0.1, 0.15) is 5.75 Å². The summed E-state index contributed by atoms with van der Waals surface area (Å²) in [6, 6.07) is 7.54. The van der Waals surface area contributed by atoms with Crippen molar-refractivity contribution in [3.63, 3.8) is 0 Å². The molecule has 1 aromatic carbocycles. The van der Waals surface area contributed by atoms with Crippen LogP contribution in [0.1, 0.15) is 37.0 Å². The van der Waals surface area contributed by atoms with Crippen molar-refractivity contribution in [2.24, 2.45) is 11.8 Å². The second-order valence-electron chi connectivity index (χ2n) is 6.72. The third kappa shape index (κ3) is 4.05. The number of nitrogens with zero attached hydrogens (tertiary/aromatic N) is 2. The Bertz CT molecular complexity index is 515. The molecule has 1 aliphatic carbocycles. The molecule has 2 atom stereocenters. The molecule has 0 N–H and O–H groups in total. The molecule has 1 saturated carbocycles. The quantitative estimate of drug-likeness (QED) is 0.691. The van der Waals surface area contributed by atoms with Gasteiger partial charge < -0.3 is 14.5 Å². The maximum Gasteiger partial charge on any atom is 0.253 e. The van der Waals surface area contributed by atoms with Gasteiger partial charge in [-0.05, 0) is 62.8 Å². The van der Waals surface area contributed by atoms with Gasteiger partial charge in [-0.25, -0.2) is 0 Å². The molecule has 0 aromatic heterocycles. The van der Waals surface area contributed by atoms with Crippen LogP contribution in [0.3, 0.4) is 0 Å². The number of ether oxygens (including phenoxy) is 1.